The van der Waals surface area contributed by atoms with Gasteiger partial charge in [0.15, 0.2) is 0 Å². The summed E-state index contributed by atoms with van der Waals surface area (Å²) in [5.74, 6) is -1.13. The fourth-order valence-electron chi connectivity index (χ4n) is 1.51. The van der Waals surface area contributed by atoms with Gasteiger partial charge in [0.25, 0.3) is 0 Å². The Labute approximate surface area is 106 Å². The van der Waals surface area contributed by atoms with E-state index in [2.05, 4.69) is 20.7 Å². The van der Waals surface area contributed by atoms with Crippen LogP contribution in [0, 0.1) is 6.92 Å². The van der Waals surface area contributed by atoms with E-state index in [1.54, 1.807) is 19.1 Å². The molecule has 0 aliphatic rings. The SMILES string of the molecule is Cc1ccc(CBr)c(CC(=O)O)c1OC(F)F. The van der Waals surface area contributed by atoms with E-state index in [1.165, 1.54) is 0 Å². The van der Waals surface area contributed by atoms with E-state index in [1.807, 2.05) is 0 Å². The van der Waals surface area contributed by atoms with Crippen LogP contribution in [0.15, 0.2) is 12.1 Å². The maximum atomic E-state index is 12.3. The number of hydrogen-bond acceptors (Lipinski definition) is 2. The van der Waals surface area contributed by atoms with Gasteiger partial charge in [0.1, 0.15) is 5.75 Å². The summed E-state index contributed by atoms with van der Waals surface area (Å²) < 4.78 is 28.9. The normalized spacial score (nSPS) is 10.6. The fourth-order valence-corrected chi connectivity index (χ4v) is 2.03. The predicted octanol–water partition coefficient (Wildman–Crippen LogP) is 3.12. The minimum Gasteiger partial charge on any atom is -0.481 e. The zero-order valence-electron chi connectivity index (χ0n) is 9.04. The largest absolute Gasteiger partial charge is 0.481 e. The third-order valence-electron chi connectivity index (χ3n) is 2.23. The van der Waals surface area contributed by atoms with E-state index in [4.69, 9.17) is 5.11 Å². The lowest BCUT2D eigenvalue weighted by molar-refractivity contribution is -0.136. The third kappa shape index (κ3) is 3.66. The first kappa shape index (κ1) is 13.9. The highest BCUT2D eigenvalue weighted by Gasteiger charge is 2.18. The van der Waals surface area contributed by atoms with Gasteiger partial charge in [-0.05, 0) is 18.1 Å². The average molecular weight is 309 g/mol. The Balaban J connectivity index is 3.25. The Kier molecular flexibility index (Phi) is 4.86. The van der Waals surface area contributed by atoms with Gasteiger partial charge in [-0.1, -0.05) is 28.1 Å². The molecule has 0 bridgehead atoms. The summed E-state index contributed by atoms with van der Waals surface area (Å²) in [4.78, 5) is 10.7. The molecule has 0 saturated carbocycles. The van der Waals surface area contributed by atoms with Gasteiger partial charge >= 0.3 is 12.6 Å². The Morgan fingerprint density at radius 3 is 2.65 bits per heavy atom. The Morgan fingerprint density at radius 1 is 1.53 bits per heavy atom. The quantitative estimate of drug-likeness (QED) is 0.850. The summed E-state index contributed by atoms with van der Waals surface area (Å²) >= 11 is 3.19. The molecule has 0 heterocycles. The number of carbonyl (C=O) groups is 1. The van der Waals surface area contributed by atoms with Crippen LogP contribution in [0.4, 0.5) is 8.78 Å². The molecule has 94 valence electrons. The van der Waals surface area contributed by atoms with Crippen LogP contribution in [-0.2, 0) is 16.5 Å². The van der Waals surface area contributed by atoms with Crippen LogP contribution >= 0.6 is 15.9 Å². The maximum absolute atomic E-state index is 12.3. The van der Waals surface area contributed by atoms with Gasteiger partial charge in [-0.3, -0.25) is 4.79 Å². The lowest BCUT2D eigenvalue weighted by atomic mass is 10.0. The second kappa shape index (κ2) is 5.95. The van der Waals surface area contributed by atoms with Crippen molar-refractivity contribution < 1.29 is 23.4 Å². The molecule has 6 heteroatoms. The van der Waals surface area contributed by atoms with Crippen LogP contribution in [0.1, 0.15) is 16.7 Å². The number of rotatable bonds is 5. The number of carboxylic acid groups (broad SMARTS) is 1. The first-order chi connectivity index (χ1) is 7.95. The molecule has 17 heavy (non-hydrogen) atoms. The summed E-state index contributed by atoms with van der Waals surface area (Å²) in [7, 11) is 0. The third-order valence-corrected chi connectivity index (χ3v) is 2.84. The molecule has 0 aromatic heterocycles. The molecule has 1 aromatic rings. The average Bonchev–Trinajstić information content (AvgIpc) is 2.22. The molecule has 1 N–H and O–H groups in total. The highest BCUT2D eigenvalue weighted by atomic mass is 79.9. The van der Waals surface area contributed by atoms with Crippen LogP contribution in [0.25, 0.3) is 0 Å². The van der Waals surface area contributed by atoms with E-state index < -0.39 is 12.6 Å². The molecule has 0 amide bonds. The number of hydrogen-bond donors (Lipinski definition) is 1. The molecule has 0 radical (unpaired) electrons. The number of halogens is 3. The van der Waals surface area contributed by atoms with Crippen LogP contribution in [0.3, 0.4) is 0 Å². The van der Waals surface area contributed by atoms with Crippen molar-refractivity contribution in [2.75, 3.05) is 0 Å². The van der Waals surface area contributed by atoms with E-state index >= 15 is 0 Å². The van der Waals surface area contributed by atoms with Gasteiger partial charge < -0.3 is 9.84 Å². The van der Waals surface area contributed by atoms with E-state index in [0.29, 0.717) is 16.5 Å². The van der Waals surface area contributed by atoms with Gasteiger partial charge in [0.05, 0.1) is 6.42 Å². The molecular formula is C11H11BrF2O3. The molecule has 1 aromatic carbocycles. The number of carboxylic acids is 1. The highest BCUT2D eigenvalue weighted by Crippen LogP contribution is 2.30. The minimum atomic E-state index is -2.97. The summed E-state index contributed by atoms with van der Waals surface area (Å²) in [5, 5.41) is 9.16. The topological polar surface area (TPSA) is 46.5 Å². The first-order valence-electron chi connectivity index (χ1n) is 4.79. The van der Waals surface area contributed by atoms with Gasteiger partial charge in [-0.15, -0.1) is 0 Å². The molecule has 0 atom stereocenters. The van der Waals surface area contributed by atoms with Crippen LogP contribution < -0.4 is 4.74 Å². The number of aryl methyl sites for hydroxylation is 1. The molecular weight excluding hydrogens is 298 g/mol. The van der Waals surface area contributed by atoms with Crippen molar-refractivity contribution >= 4 is 21.9 Å². The Morgan fingerprint density at radius 2 is 2.18 bits per heavy atom. The lowest BCUT2D eigenvalue weighted by Gasteiger charge is -2.15. The lowest BCUT2D eigenvalue weighted by Crippen LogP contribution is -2.11. The van der Waals surface area contributed by atoms with E-state index in [-0.39, 0.29) is 17.7 Å². The monoisotopic (exact) mass is 308 g/mol. The molecule has 0 unspecified atom stereocenters. The number of benzene rings is 1. The second-order valence-electron chi connectivity index (χ2n) is 3.43. The van der Waals surface area contributed by atoms with Crippen molar-refractivity contribution in [2.24, 2.45) is 0 Å². The van der Waals surface area contributed by atoms with Crippen molar-refractivity contribution in [1.82, 2.24) is 0 Å². The highest BCUT2D eigenvalue weighted by molar-refractivity contribution is 9.08. The first-order valence-corrected chi connectivity index (χ1v) is 5.91. The summed E-state index contributed by atoms with van der Waals surface area (Å²) in [5.41, 5.74) is 1.41. The smallest absolute Gasteiger partial charge is 0.387 e. The number of aliphatic carboxylic acids is 1. The molecule has 0 saturated heterocycles. The number of ether oxygens (including phenoxy) is 1. The zero-order valence-corrected chi connectivity index (χ0v) is 10.6. The van der Waals surface area contributed by atoms with Crippen LogP contribution in [-0.4, -0.2) is 17.7 Å². The Bertz CT molecular complexity index is 421. The van der Waals surface area contributed by atoms with Crippen molar-refractivity contribution in [3.8, 4) is 5.75 Å². The van der Waals surface area contributed by atoms with E-state index in [9.17, 15) is 13.6 Å². The predicted molar refractivity (Wildman–Crippen MR) is 61.8 cm³/mol. The molecule has 0 aliphatic carbocycles. The molecule has 3 nitrogen and oxygen atoms in total. The van der Waals surface area contributed by atoms with Gasteiger partial charge in [0.2, 0.25) is 0 Å². The van der Waals surface area contributed by atoms with Gasteiger partial charge in [-0.25, -0.2) is 0 Å². The summed E-state index contributed by atoms with van der Waals surface area (Å²) in [6.07, 6.45) is -0.343. The second-order valence-corrected chi connectivity index (χ2v) is 3.99. The summed E-state index contributed by atoms with van der Waals surface area (Å²) in [6.45, 7) is -1.37. The molecule has 0 aliphatic heterocycles. The van der Waals surface area contributed by atoms with Crippen LogP contribution in [0.2, 0.25) is 0 Å². The number of alkyl halides is 3. The summed E-state index contributed by atoms with van der Waals surface area (Å²) in [6, 6.07) is 3.32. The molecule has 1 rings (SSSR count). The Hall–Kier alpha value is -1.17. The maximum Gasteiger partial charge on any atom is 0.387 e. The van der Waals surface area contributed by atoms with Crippen LogP contribution in [0.5, 0.6) is 5.75 Å². The fraction of sp³-hybridized carbons (Fsp3) is 0.364. The van der Waals surface area contributed by atoms with Crippen molar-refractivity contribution in [3.63, 3.8) is 0 Å². The van der Waals surface area contributed by atoms with Crippen molar-refractivity contribution in [3.05, 3.63) is 28.8 Å². The minimum absolute atomic E-state index is 0.0423. The van der Waals surface area contributed by atoms with Crippen molar-refractivity contribution in [1.29, 1.82) is 0 Å². The van der Waals surface area contributed by atoms with Gasteiger partial charge in [0, 0.05) is 10.9 Å². The van der Waals surface area contributed by atoms with Crippen molar-refractivity contribution in [2.45, 2.75) is 25.3 Å². The van der Waals surface area contributed by atoms with Gasteiger partial charge in [-0.2, -0.15) is 8.78 Å². The standard InChI is InChI=1S/C11H11BrF2O3/c1-6-2-3-7(5-12)8(4-9(15)16)10(6)17-11(13)14/h2-3,11H,4-5H2,1H3,(H,15,16). The zero-order chi connectivity index (χ0) is 13.0. The molecule has 0 fully saturated rings. The van der Waals surface area contributed by atoms with E-state index in [0.717, 1.165) is 0 Å². The molecule has 0 spiro atoms.